The van der Waals surface area contributed by atoms with E-state index < -0.39 is 34.9 Å². The number of nitrogens with zero attached hydrogens (tertiary/aromatic N) is 3. The minimum absolute atomic E-state index is 0.132. The molecule has 2 amide bonds. The van der Waals surface area contributed by atoms with Crippen molar-refractivity contribution in [2.45, 2.75) is 77.0 Å². The molecule has 3 heterocycles. The molecule has 2 atom stereocenters. The maximum Gasteiger partial charge on any atom is 0.410 e. The minimum Gasteiger partial charge on any atom is -0.443 e. The van der Waals surface area contributed by atoms with Gasteiger partial charge in [0.2, 0.25) is 5.56 Å². The van der Waals surface area contributed by atoms with Crippen molar-refractivity contribution in [1.82, 2.24) is 14.8 Å². The van der Waals surface area contributed by atoms with Gasteiger partial charge in [0.05, 0.1) is 16.9 Å². The number of hydrogen-bond acceptors (Lipinski definition) is 6. The molecular formula is C32H40F3N5O4. The largest absolute Gasteiger partial charge is 0.443 e. The van der Waals surface area contributed by atoms with E-state index in [2.05, 4.69) is 29.0 Å². The summed E-state index contributed by atoms with van der Waals surface area (Å²) in [5.74, 6) is -1.34. The van der Waals surface area contributed by atoms with Gasteiger partial charge in [0, 0.05) is 61.7 Å². The maximum absolute atomic E-state index is 15.9. The third-order valence-electron chi connectivity index (χ3n) is 9.26. The Bertz CT molecular complexity index is 1490. The topological polar surface area (TPSA) is 98.0 Å². The van der Waals surface area contributed by atoms with Gasteiger partial charge in [0.25, 0.3) is 12.3 Å². The van der Waals surface area contributed by atoms with E-state index in [9.17, 15) is 23.2 Å². The molecule has 0 bridgehead atoms. The van der Waals surface area contributed by atoms with E-state index in [1.807, 2.05) is 24.9 Å². The SMILES string of the molecule is C[C@@H]1CN(c2cc(F)c(C3=CCCN(C(=O)OC4(C)CCC4)CC3)cc2NC(=O)c2c[nH]c(=O)cc2C(F)F)C[C@H](C)N1C. The summed E-state index contributed by atoms with van der Waals surface area (Å²) in [4.78, 5) is 46.1. The minimum atomic E-state index is -3.04. The Morgan fingerprint density at radius 1 is 1.11 bits per heavy atom. The van der Waals surface area contributed by atoms with Gasteiger partial charge in [-0.1, -0.05) is 6.08 Å². The zero-order valence-electron chi connectivity index (χ0n) is 25.6. The number of carbonyl (C=O) groups excluding carboxylic acids is 2. The highest BCUT2D eigenvalue weighted by atomic mass is 19.3. The summed E-state index contributed by atoms with van der Waals surface area (Å²) >= 11 is 0. The number of alkyl halides is 2. The van der Waals surface area contributed by atoms with Crippen LogP contribution < -0.4 is 15.8 Å². The van der Waals surface area contributed by atoms with Gasteiger partial charge in [-0.05, 0) is 77.6 Å². The number of hydrogen-bond donors (Lipinski definition) is 2. The number of pyridine rings is 1. The molecule has 0 unspecified atom stereocenters. The first-order valence-corrected chi connectivity index (χ1v) is 15.1. The first-order valence-electron chi connectivity index (χ1n) is 15.1. The third kappa shape index (κ3) is 6.64. The first-order chi connectivity index (χ1) is 20.8. The number of halogens is 3. The van der Waals surface area contributed by atoms with Crippen LogP contribution in [0.3, 0.4) is 0 Å². The summed E-state index contributed by atoms with van der Waals surface area (Å²) in [6.07, 6.45) is 3.00. The third-order valence-corrected chi connectivity index (χ3v) is 9.26. The molecule has 3 aliphatic rings. The molecule has 5 rings (SSSR count). The van der Waals surface area contributed by atoms with Gasteiger partial charge in [-0.15, -0.1) is 0 Å². The van der Waals surface area contributed by atoms with Gasteiger partial charge in [-0.3, -0.25) is 14.5 Å². The molecule has 1 saturated carbocycles. The molecule has 9 nitrogen and oxygen atoms in total. The van der Waals surface area contributed by atoms with E-state index in [0.29, 0.717) is 56.3 Å². The van der Waals surface area contributed by atoms with Gasteiger partial charge in [-0.25, -0.2) is 18.0 Å². The van der Waals surface area contributed by atoms with E-state index in [1.165, 1.54) is 6.07 Å². The van der Waals surface area contributed by atoms with Crippen LogP contribution in [0.5, 0.6) is 0 Å². The Morgan fingerprint density at radius 2 is 1.82 bits per heavy atom. The number of carbonyl (C=O) groups is 2. The highest BCUT2D eigenvalue weighted by Gasteiger charge is 2.37. The number of rotatable bonds is 6. The van der Waals surface area contributed by atoms with Crippen molar-refractivity contribution in [3.63, 3.8) is 0 Å². The molecular weight excluding hydrogens is 575 g/mol. The van der Waals surface area contributed by atoms with Gasteiger partial charge in [0.1, 0.15) is 11.4 Å². The number of likely N-dealkylation sites (N-methyl/N-ethyl adjacent to an activating group) is 1. The standard InChI is InChI=1S/C32H40F3N5O4/c1-19-17-40(18-20(2)38(19)4)27-15-25(33)22(13-26(27)37-30(42)24-16-36-28(41)14-23(24)29(34)35)21-7-5-11-39(12-8-21)31(43)44-32(3)9-6-10-32/h7,13-16,19-20,29H,5-6,8-12,17-18H2,1-4H3,(H,36,41)(H,37,42)/t19-,20+. The van der Waals surface area contributed by atoms with Crippen LogP contribution in [0.2, 0.25) is 0 Å². The fraction of sp³-hybridized carbons (Fsp3) is 0.531. The Labute approximate surface area is 255 Å². The fourth-order valence-electron chi connectivity index (χ4n) is 6.17. The Morgan fingerprint density at radius 3 is 2.45 bits per heavy atom. The highest BCUT2D eigenvalue weighted by molar-refractivity contribution is 6.07. The predicted octanol–water partition coefficient (Wildman–Crippen LogP) is 5.79. The van der Waals surface area contributed by atoms with Crippen LogP contribution in [0.15, 0.2) is 35.3 Å². The molecule has 2 fully saturated rings. The van der Waals surface area contributed by atoms with Crippen LogP contribution >= 0.6 is 0 Å². The van der Waals surface area contributed by atoms with Crippen molar-refractivity contribution in [2.24, 2.45) is 0 Å². The lowest BCUT2D eigenvalue weighted by Crippen LogP contribution is -2.55. The molecule has 1 aliphatic carbocycles. The van der Waals surface area contributed by atoms with Gasteiger partial charge in [0.15, 0.2) is 0 Å². The number of aromatic nitrogens is 1. The lowest BCUT2D eigenvalue weighted by molar-refractivity contribution is -0.0472. The zero-order chi connectivity index (χ0) is 31.8. The molecule has 2 aliphatic heterocycles. The lowest BCUT2D eigenvalue weighted by atomic mass is 9.82. The van der Waals surface area contributed by atoms with Crippen LogP contribution in [0.1, 0.15) is 80.8 Å². The highest BCUT2D eigenvalue weighted by Crippen LogP contribution is 2.38. The van der Waals surface area contributed by atoms with Gasteiger partial charge in [-0.2, -0.15) is 0 Å². The molecule has 1 saturated heterocycles. The van der Waals surface area contributed by atoms with Crippen LogP contribution in [0.25, 0.3) is 5.57 Å². The van der Waals surface area contributed by atoms with Crippen molar-refractivity contribution < 1.29 is 27.5 Å². The number of piperazine rings is 1. The number of aromatic amines is 1. The summed E-state index contributed by atoms with van der Waals surface area (Å²) in [5, 5.41) is 2.74. The maximum atomic E-state index is 15.9. The lowest BCUT2D eigenvalue weighted by Gasteiger charge is -2.44. The molecule has 12 heteroatoms. The fourth-order valence-corrected chi connectivity index (χ4v) is 6.17. The Hall–Kier alpha value is -3.80. The van der Waals surface area contributed by atoms with Crippen molar-refractivity contribution in [3.05, 3.63) is 63.3 Å². The number of ether oxygens (including phenoxy) is 1. The summed E-state index contributed by atoms with van der Waals surface area (Å²) in [7, 11) is 2.02. The molecule has 0 spiro atoms. The summed E-state index contributed by atoms with van der Waals surface area (Å²) in [5.41, 5.74) is -0.609. The van der Waals surface area contributed by atoms with Crippen LogP contribution in [0.4, 0.5) is 29.3 Å². The number of H-pyrrole nitrogens is 1. The molecule has 1 aromatic heterocycles. The number of amides is 2. The zero-order valence-corrected chi connectivity index (χ0v) is 25.6. The van der Waals surface area contributed by atoms with E-state index in [0.717, 1.165) is 25.5 Å². The van der Waals surface area contributed by atoms with Crippen LogP contribution in [0, 0.1) is 5.82 Å². The van der Waals surface area contributed by atoms with Gasteiger partial charge >= 0.3 is 6.09 Å². The Balaban J connectivity index is 1.45. The molecule has 44 heavy (non-hydrogen) atoms. The normalized spacial score (nSPS) is 22.2. The molecule has 2 aromatic rings. The summed E-state index contributed by atoms with van der Waals surface area (Å²) in [6.45, 7) is 7.93. The molecule has 0 radical (unpaired) electrons. The van der Waals surface area contributed by atoms with Crippen molar-refractivity contribution in [1.29, 1.82) is 0 Å². The average molecular weight is 616 g/mol. The molecule has 1 aromatic carbocycles. The summed E-state index contributed by atoms with van der Waals surface area (Å²) in [6, 6.07) is 3.89. The van der Waals surface area contributed by atoms with E-state index in [1.54, 1.807) is 11.0 Å². The van der Waals surface area contributed by atoms with E-state index in [-0.39, 0.29) is 35.0 Å². The van der Waals surface area contributed by atoms with Crippen molar-refractivity contribution in [3.8, 4) is 0 Å². The number of anilines is 2. The average Bonchev–Trinajstić information content (AvgIpc) is 3.22. The first kappa shape index (κ1) is 31.6. The second-order valence-corrected chi connectivity index (χ2v) is 12.5. The second-order valence-electron chi connectivity index (χ2n) is 12.5. The molecule has 238 valence electrons. The van der Waals surface area contributed by atoms with Crippen molar-refractivity contribution in [2.75, 3.05) is 43.4 Å². The van der Waals surface area contributed by atoms with E-state index >= 15 is 4.39 Å². The van der Waals surface area contributed by atoms with Crippen LogP contribution in [-0.2, 0) is 4.74 Å². The monoisotopic (exact) mass is 615 g/mol. The number of benzene rings is 1. The van der Waals surface area contributed by atoms with Crippen LogP contribution in [-0.4, -0.2) is 77.7 Å². The number of nitrogens with one attached hydrogen (secondary N) is 2. The second kappa shape index (κ2) is 12.7. The quantitative estimate of drug-likeness (QED) is 0.427. The Kier molecular flexibility index (Phi) is 9.10. The smallest absolute Gasteiger partial charge is 0.410 e. The van der Waals surface area contributed by atoms with Gasteiger partial charge < -0.3 is 24.8 Å². The van der Waals surface area contributed by atoms with Crippen molar-refractivity contribution >= 4 is 28.9 Å². The summed E-state index contributed by atoms with van der Waals surface area (Å²) < 4.78 is 49.2. The predicted molar refractivity (Wildman–Crippen MR) is 163 cm³/mol. The van der Waals surface area contributed by atoms with E-state index in [4.69, 9.17) is 4.74 Å². The molecule has 2 N–H and O–H groups in total.